The van der Waals surface area contributed by atoms with Crippen LogP contribution in [-0.4, -0.2) is 27.6 Å². The van der Waals surface area contributed by atoms with Crippen LogP contribution in [0.25, 0.3) is 22.3 Å². The number of benzene rings is 1. The molecule has 0 aliphatic carbocycles. The zero-order valence-corrected chi connectivity index (χ0v) is 13.8. The number of ether oxygens (including phenoxy) is 1. The first kappa shape index (κ1) is 15.3. The van der Waals surface area contributed by atoms with Crippen molar-refractivity contribution in [3.63, 3.8) is 0 Å². The fraction of sp³-hybridized carbons (Fsp3) is 0.176. The highest BCUT2D eigenvalue weighted by Gasteiger charge is 2.17. The van der Waals surface area contributed by atoms with E-state index in [0.717, 1.165) is 44.3 Å². The van der Waals surface area contributed by atoms with E-state index in [1.165, 1.54) is 0 Å². The Morgan fingerprint density at radius 1 is 1.39 bits per heavy atom. The molecule has 6 heteroatoms. The molecule has 0 unspecified atom stereocenters. The Hall–Kier alpha value is -2.60. The molecule has 0 fully saturated rings. The first-order valence-electron chi connectivity index (χ1n) is 7.05. The SMILES string of the molecule is COc1cccc(-c2nc3sc(C)c(C)n3c2/C=C/C(=O)O)c1. The van der Waals surface area contributed by atoms with Crippen molar-refractivity contribution in [2.45, 2.75) is 13.8 Å². The van der Waals surface area contributed by atoms with Gasteiger partial charge in [-0.2, -0.15) is 0 Å². The highest BCUT2D eigenvalue weighted by Crippen LogP contribution is 2.32. The van der Waals surface area contributed by atoms with E-state index >= 15 is 0 Å². The molecule has 0 bridgehead atoms. The van der Waals surface area contributed by atoms with Crippen molar-refractivity contribution in [1.29, 1.82) is 0 Å². The summed E-state index contributed by atoms with van der Waals surface area (Å²) in [5, 5.41) is 8.97. The molecule has 118 valence electrons. The first-order chi connectivity index (χ1) is 11.0. The topological polar surface area (TPSA) is 63.8 Å². The molecule has 0 saturated heterocycles. The summed E-state index contributed by atoms with van der Waals surface area (Å²) < 4.78 is 7.26. The average molecular weight is 328 g/mol. The average Bonchev–Trinajstić information content (AvgIpc) is 3.02. The minimum absolute atomic E-state index is 0.736. The molecule has 0 atom stereocenters. The third kappa shape index (κ3) is 2.73. The zero-order chi connectivity index (χ0) is 16.6. The lowest BCUT2D eigenvalue weighted by atomic mass is 10.1. The van der Waals surface area contributed by atoms with Crippen LogP contribution in [-0.2, 0) is 4.79 Å². The van der Waals surface area contributed by atoms with Crippen LogP contribution in [0, 0.1) is 13.8 Å². The second kappa shape index (κ2) is 5.89. The Morgan fingerprint density at radius 2 is 2.17 bits per heavy atom. The normalized spacial score (nSPS) is 11.4. The fourth-order valence-electron chi connectivity index (χ4n) is 2.46. The molecule has 3 aromatic rings. The Bertz CT molecular complexity index is 921. The lowest BCUT2D eigenvalue weighted by Crippen LogP contribution is -1.93. The Morgan fingerprint density at radius 3 is 2.87 bits per heavy atom. The predicted octanol–water partition coefficient (Wildman–Crippen LogP) is 3.79. The third-order valence-corrected chi connectivity index (χ3v) is 4.76. The van der Waals surface area contributed by atoms with Gasteiger partial charge >= 0.3 is 5.97 Å². The molecule has 23 heavy (non-hydrogen) atoms. The number of hydrogen-bond acceptors (Lipinski definition) is 4. The maximum Gasteiger partial charge on any atom is 0.328 e. The van der Waals surface area contributed by atoms with Crippen molar-refractivity contribution in [1.82, 2.24) is 9.38 Å². The van der Waals surface area contributed by atoms with E-state index in [4.69, 9.17) is 14.8 Å². The quantitative estimate of drug-likeness (QED) is 0.740. The number of imidazole rings is 1. The Kier molecular flexibility index (Phi) is 3.92. The number of fused-ring (bicyclic) bond motifs is 1. The molecule has 3 rings (SSSR count). The number of carboxylic acid groups (broad SMARTS) is 1. The van der Waals surface area contributed by atoms with Crippen molar-refractivity contribution in [3.05, 3.63) is 46.6 Å². The number of aliphatic carboxylic acids is 1. The lowest BCUT2D eigenvalue weighted by Gasteiger charge is -2.04. The number of aromatic nitrogens is 2. The van der Waals surface area contributed by atoms with E-state index in [2.05, 4.69) is 0 Å². The van der Waals surface area contributed by atoms with Crippen LogP contribution in [0.3, 0.4) is 0 Å². The van der Waals surface area contributed by atoms with Gasteiger partial charge in [0.25, 0.3) is 0 Å². The number of methoxy groups -OCH3 is 1. The number of carbonyl (C=O) groups is 1. The number of hydrogen-bond donors (Lipinski definition) is 1. The third-order valence-electron chi connectivity index (χ3n) is 3.70. The largest absolute Gasteiger partial charge is 0.497 e. The van der Waals surface area contributed by atoms with Gasteiger partial charge in [0.05, 0.1) is 18.5 Å². The summed E-state index contributed by atoms with van der Waals surface area (Å²) in [7, 11) is 1.61. The summed E-state index contributed by atoms with van der Waals surface area (Å²) in [6.07, 6.45) is 2.73. The molecule has 0 aliphatic heterocycles. The van der Waals surface area contributed by atoms with E-state index in [-0.39, 0.29) is 0 Å². The highest BCUT2D eigenvalue weighted by atomic mass is 32.1. The summed E-state index contributed by atoms with van der Waals surface area (Å²) in [5.41, 5.74) is 3.47. The van der Waals surface area contributed by atoms with Crippen molar-refractivity contribution in [2.24, 2.45) is 0 Å². The summed E-state index contributed by atoms with van der Waals surface area (Å²) in [6, 6.07) is 7.59. The van der Waals surface area contributed by atoms with Crippen molar-refractivity contribution in [2.75, 3.05) is 7.11 Å². The van der Waals surface area contributed by atoms with Crippen molar-refractivity contribution < 1.29 is 14.6 Å². The Balaban J connectivity index is 2.27. The summed E-state index contributed by atoms with van der Waals surface area (Å²) in [6.45, 7) is 4.04. The van der Waals surface area contributed by atoms with Crippen LogP contribution in [0.2, 0.25) is 0 Å². The van der Waals surface area contributed by atoms with Crippen LogP contribution < -0.4 is 4.74 Å². The molecule has 5 nitrogen and oxygen atoms in total. The monoisotopic (exact) mass is 328 g/mol. The van der Waals surface area contributed by atoms with Gasteiger partial charge in [-0.05, 0) is 32.1 Å². The van der Waals surface area contributed by atoms with Gasteiger partial charge in [0.2, 0.25) is 0 Å². The van der Waals surface area contributed by atoms with Gasteiger partial charge in [-0.1, -0.05) is 12.1 Å². The molecule has 1 aromatic carbocycles. The summed E-state index contributed by atoms with van der Waals surface area (Å²) in [4.78, 5) is 17.6. The number of thiazole rings is 1. The van der Waals surface area contributed by atoms with E-state index < -0.39 is 5.97 Å². The number of aryl methyl sites for hydroxylation is 2. The molecule has 1 N–H and O–H groups in total. The van der Waals surface area contributed by atoms with E-state index in [9.17, 15) is 4.79 Å². The molecule has 0 amide bonds. The molecular weight excluding hydrogens is 312 g/mol. The van der Waals surface area contributed by atoms with Crippen LogP contribution in [0.15, 0.2) is 30.3 Å². The standard InChI is InChI=1S/C17H16N2O3S/c1-10-11(2)23-17-18-16(12-5-4-6-13(9-12)22-3)14(19(10)17)7-8-15(20)21/h4-9H,1-3H3,(H,20,21)/b8-7+. The van der Waals surface area contributed by atoms with Crippen molar-refractivity contribution in [3.8, 4) is 17.0 Å². The molecule has 0 saturated carbocycles. The van der Waals surface area contributed by atoms with Gasteiger partial charge < -0.3 is 9.84 Å². The maximum absolute atomic E-state index is 10.9. The van der Waals surface area contributed by atoms with Crippen LogP contribution in [0.4, 0.5) is 0 Å². The number of carboxylic acids is 1. The fourth-order valence-corrected chi connectivity index (χ4v) is 3.44. The summed E-state index contributed by atoms with van der Waals surface area (Å²) >= 11 is 1.59. The number of rotatable bonds is 4. The van der Waals surface area contributed by atoms with Crippen LogP contribution in [0.1, 0.15) is 16.3 Å². The molecular formula is C17H16N2O3S. The smallest absolute Gasteiger partial charge is 0.328 e. The van der Waals surface area contributed by atoms with E-state index in [1.54, 1.807) is 24.5 Å². The van der Waals surface area contributed by atoms with Gasteiger partial charge in [-0.15, -0.1) is 11.3 Å². The van der Waals surface area contributed by atoms with Crippen LogP contribution >= 0.6 is 11.3 Å². The minimum atomic E-state index is -0.985. The molecule has 0 radical (unpaired) electrons. The van der Waals surface area contributed by atoms with Crippen molar-refractivity contribution >= 4 is 28.3 Å². The number of nitrogens with zero attached hydrogens (tertiary/aromatic N) is 2. The Labute approximate surface area is 137 Å². The van der Waals surface area contributed by atoms with Gasteiger partial charge in [-0.3, -0.25) is 4.40 Å². The lowest BCUT2D eigenvalue weighted by molar-refractivity contribution is -0.131. The second-order valence-corrected chi connectivity index (χ2v) is 6.29. The van der Waals surface area contributed by atoms with Gasteiger partial charge in [0.1, 0.15) is 5.75 Å². The molecule has 2 aromatic heterocycles. The van der Waals surface area contributed by atoms with E-state index in [1.807, 2.05) is 42.5 Å². The van der Waals surface area contributed by atoms with Gasteiger partial charge in [-0.25, -0.2) is 9.78 Å². The molecule has 0 aliphatic rings. The zero-order valence-electron chi connectivity index (χ0n) is 13.0. The first-order valence-corrected chi connectivity index (χ1v) is 7.86. The van der Waals surface area contributed by atoms with Crippen LogP contribution in [0.5, 0.6) is 5.75 Å². The summed E-state index contributed by atoms with van der Waals surface area (Å²) in [5.74, 6) is -0.249. The highest BCUT2D eigenvalue weighted by molar-refractivity contribution is 7.17. The minimum Gasteiger partial charge on any atom is -0.497 e. The molecule has 0 spiro atoms. The van der Waals surface area contributed by atoms with Gasteiger partial charge in [0, 0.05) is 22.2 Å². The second-order valence-electron chi connectivity index (χ2n) is 5.11. The van der Waals surface area contributed by atoms with E-state index in [0.29, 0.717) is 0 Å². The molecule has 2 heterocycles. The van der Waals surface area contributed by atoms with Gasteiger partial charge in [0.15, 0.2) is 4.96 Å². The predicted molar refractivity (Wildman–Crippen MR) is 91.2 cm³/mol. The maximum atomic E-state index is 10.9.